The smallest absolute Gasteiger partial charge is 0.162 e. The van der Waals surface area contributed by atoms with Crippen LogP contribution in [0, 0.1) is 22.7 Å². The molecule has 1 rings (SSSR count). The molecular weight excluding hydrogens is 276 g/mol. The van der Waals surface area contributed by atoms with Gasteiger partial charge in [-0.1, -0.05) is 26.7 Å². The van der Waals surface area contributed by atoms with Crippen molar-refractivity contribution in [1.82, 2.24) is 0 Å². The van der Waals surface area contributed by atoms with E-state index in [0.29, 0.717) is 35.8 Å². The molecule has 0 amide bonds. The number of unbranched alkanes of at least 4 members (excludes halogenated alkanes) is 2. The summed E-state index contributed by atoms with van der Waals surface area (Å²) < 4.78 is 11.5. The van der Waals surface area contributed by atoms with Crippen LogP contribution in [0.1, 0.15) is 50.7 Å². The Hall–Kier alpha value is -2.46. The van der Waals surface area contributed by atoms with Gasteiger partial charge in [0.25, 0.3) is 0 Å². The number of nitriles is 2. The van der Waals surface area contributed by atoms with Crippen LogP contribution in [0.15, 0.2) is 18.2 Å². The monoisotopic (exact) mass is 298 g/mol. The van der Waals surface area contributed by atoms with E-state index in [1.165, 1.54) is 6.08 Å². The van der Waals surface area contributed by atoms with Gasteiger partial charge in [-0.15, -0.1) is 0 Å². The van der Waals surface area contributed by atoms with E-state index in [-0.39, 0.29) is 0 Å². The second-order valence-electron chi connectivity index (χ2n) is 4.86. The van der Waals surface area contributed by atoms with Gasteiger partial charge in [-0.2, -0.15) is 10.5 Å². The van der Waals surface area contributed by atoms with Gasteiger partial charge in [0.1, 0.15) is 0 Å². The number of nitrogens with zero attached hydrogens (tertiary/aromatic N) is 2. The zero-order valence-corrected chi connectivity index (χ0v) is 13.3. The third kappa shape index (κ3) is 5.50. The third-order valence-electron chi connectivity index (χ3n) is 3.08. The van der Waals surface area contributed by atoms with Crippen molar-refractivity contribution in [3.8, 4) is 23.6 Å². The van der Waals surface area contributed by atoms with Gasteiger partial charge in [0.2, 0.25) is 0 Å². The van der Waals surface area contributed by atoms with E-state index in [9.17, 15) is 5.26 Å². The number of ether oxygens (including phenoxy) is 2. The highest BCUT2D eigenvalue weighted by molar-refractivity contribution is 5.64. The van der Waals surface area contributed by atoms with Crippen LogP contribution in [0.2, 0.25) is 0 Å². The van der Waals surface area contributed by atoms with Gasteiger partial charge in [-0.25, -0.2) is 0 Å². The molecule has 0 unspecified atom stereocenters. The summed E-state index contributed by atoms with van der Waals surface area (Å²) in [6.07, 6.45) is 6.96. The molecule has 0 fully saturated rings. The Bertz CT molecular complexity index is 580. The molecule has 0 aliphatic carbocycles. The molecule has 0 saturated heterocycles. The topological polar surface area (TPSA) is 66.0 Å². The number of benzene rings is 1. The lowest BCUT2D eigenvalue weighted by Gasteiger charge is -2.14. The molecule has 1 aromatic rings. The molecule has 22 heavy (non-hydrogen) atoms. The molecule has 0 radical (unpaired) electrons. The van der Waals surface area contributed by atoms with Crippen LogP contribution in [-0.2, 0) is 0 Å². The second kappa shape index (κ2) is 10.3. The van der Waals surface area contributed by atoms with Gasteiger partial charge in [-0.3, -0.25) is 0 Å². The maximum Gasteiger partial charge on any atom is 0.162 e. The third-order valence-corrected chi connectivity index (χ3v) is 3.08. The van der Waals surface area contributed by atoms with Crippen LogP contribution >= 0.6 is 0 Å². The van der Waals surface area contributed by atoms with Crippen molar-refractivity contribution >= 4 is 6.08 Å². The van der Waals surface area contributed by atoms with Gasteiger partial charge in [0, 0.05) is 12.1 Å². The average Bonchev–Trinajstić information content (AvgIpc) is 2.54. The first kappa shape index (κ1) is 17.6. The normalized spacial score (nSPS) is 10.2. The maximum absolute atomic E-state index is 9.26. The quantitative estimate of drug-likeness (QED) is 0.499. The summed E-state index contributed by atoms with van der Waals surface area (Å²) in [6, 6.07) is 7.52. The molecular formula is C18H22N2O2. The first-order chi connectivity index (χ1) is 10.8. The highest BCUT2D eigenvalue weighted by Crippen LogP contribution is 2.32. The highest BCUT2D eigenvalue weighted by atomic mass is 16.5. The highest BCUT2D eigenvalue weighted by Gasteiger charge is 2.11. The molecule has 0 aliphatic rings. The lowest BCUT2D eigenvalue weighted by molar-refractivity contribution is 0.262. The van der Waals surface area contributed by atoms with Crippen molar-refractivity contribution in [2.75, 3.05) is 13.2 Å². The standard InChI is InChI=1S/C18H22N2O2/c1-3-5-10-21-17-12-15(8-7-9-19)16(14-20)13-18(17)22-11-6-4-2/h7-8,12-13H,3-6,10-11H2,1-2H3/b8-7+. The van der Waals surface area contributed by atoms with E-state index < -0.39 is 0 Å². The molecule has 0 atom stereocenters. The Morgan fingerprint density at radius 1 is 1.00 bits per heavy atom. The van der Waals surface area contributed by atoms with E-state index in [0.717, 1.165) is 25.7 Å². The van der Waals surface area contributed by atoms with Crippen LogP contribution in [0.3, 0.4) is 0 Å². The molecule has 0 aliphatic heterocycles. The van der Waals surface area contributed by atoms with Crippen LogP contribution in [0.25, 0.3) is 6.08 Å². The van der Waals surface area contributed by atoms with Crippen molar-refractivity contribution < 1.29 is 9.47 Å². The van der Waals surface area contributed by atoms with Crippen LogP contribution < -0.4 is 9.47 Å². The predicted octanol–water partition coefficient (Wildman–Crippen LogP) is 4.45. The van der Waals surface area contributed by atoms with Crippen LogP contribution in [-0.4, -0.2) is 13.2 Å². The first-order valence-electron chi connectivity index (χ1n) is 7.66. The van der Waals surface area contributed by atoms with E-state index in [4.69, 9.17) is 14.7 Å². The Kier molecular flexibility index (Phi) is 8.23. The zero-order chi connectivity index (χ0) is 16.2. The van der Waals surface area contributed by atoms with E-state index >= 15 is 0 Å². The minimum absolute atomic E-state index is 0.473. The Morgan fingerprint density at radius 2 is 1.59 bits per heavy atom. The van der Waals surface area contributed by atoms with Crippen molar-refractivity contribution in [2.45, 2.75) is 39.5 Å². The maximum atomic E-state index is 9.26. The Balaban J connectivity index is 3.07. The molecule has 4 nitrogen and oxygen atoms in total. The molecule has 0 heterocycles. The fourth-order valence-electron chi connectivity index (χ4n) is 1.82. The number of rotatable bonds is 9. The number of hydrogen-bond donors (Lipinski definition) is 0. The SMILES string of the molecule is CCCCOc1cc(C#N)c(/C=C/C#N)cc1OCCCC. The number of hydrogen-bond acceptors (Lipinski definition) is 4. The zero-order valence-electron chi connectivity index (χ0n) is 13.3. The van der Waals surface area contributed by atoms with Crippen molar-refractivity contribution in [1.29, 1.82) is 10.5 Å². The fraction of sp³-hybridized carbons (Fsp3) is 0.444. The molecule has 0 N–H and O–H groups in total. The fourth-order valence-corrected chi connectivity index (χ4v) is 1.82. The summed E-state index contributed by atoms with van der Waals surface area (Å²) in [7, 11) is 0. The summed E-state index contributed by atoms with van der Waals surface area (Å²) in [5, 5.41) is 17.9. The summed E-state index contributed by atoms with van der Waals surface area (Å²) in [5.41, 5.74) is 1.14. The molecule has 1 aromatic carbocycles. The first-order valence-corrected chi connectivity index (χ1v) is 7.66. The minimum Gasteiger partial charge on any atom is -0.490 e. The Morgan fingerprint density at radius 3 is 2.09 bits per heavy atom. The predicted molar refractivity (Wildman–Crippen MR) is 86.6 cm³/mol. The minimum atomic E-state index is 0.473. The summed E-state index contributed by atoms with van der Waals surface area (Å²) in [4.78, 5) is 0. The molecule has 0 aromatic heterocycles. The summed E-state index contributed by atoms with van der Waals surface area (Å²) >= 11 is 0. The van der Waals surface area contributed by atoms with Gasteiger partial charge < -0.3 is 9.47 Å². The van der Waals surface area contributed by atoms with Gasteiger partial charge in [0.15, 0.2) is 11.5 Å². The second-order valence-corrected chi connectivity index (χ2v) is 4.86. The van der Waals surface area contributed by atoms with Gasteiger partial charge in [-0.05, 0) is 30.5 Å². The molecule has 0 saturated carbocycles. The van der Waals surface area contributed by atoms with E-state index in [1.54, 1.807) is 18.2 Å². The van der Waals surface area contributed by atoms with Crippen molar-refractivity contribution in [3.05, 3.63) is 29.3 Å². The van der Waals surface area contributed by atoms with Crippen molar-refractivity contribution in [2.24, 2.45) is 0 Å². The van der Waals surface area contributed by atoms with Gasteiger partial charge in [0.05, 0.1) is 30.9 Å². The van der Waals surface area contributed by atoms with E-state index in [1.807, 2.05) is 6.07 Å². The van der Waals surface area contributed by atoms with Crippen molar-refractivity contribution in [3.63, 3.8) is 0 Å². The summed E-state index contributed by atoms with van der Waals surface area (Å²) in [5.74, 6) is 1.22. The summed E-state index contributed by atoms with van der Waals surface area (Å²) in [6.45, 7) is 5.40. The van der Waals surface area contributed by atoms with E-state index in [2.05, 4.69) is 19.9 Å². The number of allylic oxidation sites excluding steroid dienone is 1. The largest absolute Gasteiger partial charge is 0.490 e. The van der Waals surface area contributed by atoms with Crippen LogP contribution in [0.5, 0.6) is 11.5 Å². The average molecular weight is 298 g/mol. The lowest BCUT2D eigenvalue weighted by Crippen LogP contribution is -2.03. The Labute approximate surface area is 132 Å². The molecule has 0 bridgehead atoms. The molecule has 4 heteroatoms. The lowest BCUT2D eigenvalue weighted by atomic mass is 10.1. The van der Waals surface area contributed by atoms with Gasteiger partial charge >= 0.3 is 0 Å². The molecule has 116 valence electrons. The molecule has 0 spiro atoms. The van der Waals surface area contributed by atoms with Crippen LogP contribution in [0.4, 0.5) is 0 Å².